The van der Waals surface area contributed by atoms with Gasteiger partial charge in [0.2, 0.25) is 0 Å². The molecule has 0 spiro atoms. The first-order chi connectivity index (χ1) is 9.20. The number of anilines is 1. The molecule has 0 aliphatic carbocycles. The zero-order valence-corrected chi connectivity index (χ0v) is 12.0. The number of hydrogen-bond donors (Lipinski definition) is 0. The average molecular weight is 299 g/mol. The van der Waals surface area contributed by atoms with E-state index in [0.717, 1.165) is 11.2 Å². The van der Waals surface area contributed by atoms with E-state index in [0.29, 0.717) is 5.56 Å². The summed E-state index contributed by atoms with van der Waals surface area (Å²) in [5.74, 6) is -2.31. The molecule has 0 saturated heterocycles. The van der Waals surface area contributed by atoms with Gasteiger partial charge in [-0.25, -0.2) is 12.8 Å². The molecule has 20 heavy (non-hydrogen) atoms. The summed E-state index contributed by atoms with van der Waals surface area (Å²) in [5, 5.41) is 0. The van der Waals surface area contributed by atoms with E-state index in [1.807, 2.05) is 0 Å². The monoisotopic (exact) mass is 299 g/mol. The van der Waals surface area contributed by atoms with Crippen LogP contribution in [-0.4, -0.2) is 38.7 Å². The van der Waals surface area contributed by atoms with E-state index in [2.05, 4.69) is 0 Å². The first-order valence-electron chi connectivity index (χ1n) is 6.05. The molecule has 1 aliphatic rings. The number of hydrogen-bond acceptors (Lipinski definition) is 4. The van der Waals surface area contributed by atoms with Gasteiger partial charge in [-0.15, -0.1) is 0 Å². The molecule has 1 aliphatic heterocycles. The van der Waals surface area contributed by atoms with Crippen LogP contribution in [0.15, 0.2) is 12.1 Å². The number of Topliss-reactive ketones (excluding diaryl/α,β-unsaturated/α-hetero) is 1. The van der Waals surface area contributed by atoms with Crippen molar-refractivity contribution in [2.45, 2.75) is 13.3 Å². The smallest absolute Gasteiger partial charge is 0.299 e. The maximum Gasteiger partial charge on any atom is 0.299 e. The number of nitrogens with zero attached hydrogens (tertiary/aromatic N) is 1. The van der Waals surface area contributed by atoms with E-state index in [4.69, 9.17) is 0 Å². The van der Waals surface area contributed by atoms with Crippen molar-refractivity contribution in [2.75, 3.05) is 23.5 Å². The minimum Gasteiger partial charge on any atom is -0.302 e. The number of sulfone groups is 1. The maximum atomic E-state index is 13.9. The fourth-order valence-corrected chi connectivity index (χ4v) is 2.87. The summed E-state index contributed by atoms with van der Waals surface area (Å²) in [5.41, 5.74) is 0.561. The van der Waals surface area contributed by atoms with Gasteiger partial charge >= 0.3 is 0 Å². The number of carbonyl (C=O) groups is 2. The lowest BCUT2D eigenvalue weighted by Crippen LogP contribution is -2.32. The SMILES string of the molecule is Cc1cc(F)c2c(c1)C(=O)C(=O)N2CCCS(C)(=O)=O. The van der Waals surface area contributed by atoms with Crippen LogP contribution in [0.2, 0.25) is 0 Å². The van der Waals surface area contributed by atoms with Crippen molar-refractivity contribution in [1.29, 1.82) is 0 Å². The van der Waals surface area contributed by atoms with Gasteiger partial charge in [0, 0.05) is 12.8 Å². The highest BCUT2D eigenvalue weighted by Gasteiger charge is 2.37. The molecule has 0 bridgehead atoms. The molecule has 2 rings (SSSR count). The van der Waals surface area contributed by atoms with E-state index >= 15 is 0 Å². The summed E-state index contributed by atoms with van der Waals surface area (Å²) in [7, 11) is -3.16. The number of amides is 1. The zero-order chi connectivity index (χ0) is 15.1. The normalized spacial score (nSPS) is 14.8. The quantitative estimate of drug-likeness (QED) is 0.781. The fourth-order valence-electron chi connectivity index (χ4n) is 2.22. The summed E-state index contributed by atoms with van der Waals surface area (Å²) in [4.78, 5) is 24.7. The Morgan fingerprint density at radius 2 is 1.90 bits per heavy atom. The lowest BCUT2D eigenvalue weighted by atomic mass is 10.1. The van der Waals surface area contributed by atoms with E-state index in [1.54, 1.807) is 6.92 Å². The van der Waals surface area contributed by atoms with E-state index in [-0.39, 0.29) is 30.0 Å². The third-order valence-corrected chi connectivity index (χ3v) is 4.09. The summed E-state index contributed by atoms with van der Waals surface area (Å²) in [6, 6.07) is 2.71. The van der Waals surface area contributed by atoms with Crippen LogP contribution < -0.4 is 4.90 Å². The van der Waals surface area contributed by atoms with Gasteiger partial charge in [-0.05, 0) is 31.0 Å². The summed E-state index contributed by atoms with van der Waals surface area (Å²) in [6.07, 6.45) is 1.24. The molecule has 0 saturated carbocycles. The number of halogens is 1. The Labute approximate surface area is 116 Å². The highest BCUT2D eigenvalue weighted by atomic mass is 32.2. The Bertz CT molecular complexity index is 697. The number of rotatable bonds is 4. The van der Waals surface area contributed by atoms with Crippen LogP contribution in [0, 0.1) is 12.7 Å². The van der Waals surface area contributed by atoms with Gasteiger partial charge in [-0.3, -0.25) is 9.59 Å². The number of carbonyl (C=O) groups excluding carboxylic acids is 2. The number of aryl methyl sites for hydroxylation is 1. The van der Waals surface area contributed by atoms with Gasteiger partial charge in [0.05, 0.1) is 17.0 Å². The first kappa shape index (κ1) is 14.6. The van der Waals surface area contributed by atoms with Gasteiger partial charge in [-0.2, -0.15) is 0 Å². The molecular formula is C13H14FNO4S. The molecule has 1 aromatic carbocycles. The van der Waals surface area contributed by atoms with Crippen molar-refractivity contribution in [3.05, 3.63) is 29.1 Å². The van der Waals surface area contributed by atoms with Crippen molar-refractivity contribution >= 4 is 27.2 Å². The molecule has 5 nitrogen and oxygen atoms in total. The molecule has 1 heterocycles. The zero-order valence-electron chi connectivity index (χ0n) is 11.1. The largest absolute Gasteiger partial charge is 0.302 e. The molecule has 0 N–H and O–H groups in total. The third kappa shape index (κ3) is 2.72. The van der Waals surface area contributed by atoms with E-state index in [9.17, 15) is 22.4 Å². The second-order valence-corrected chi connectivity index (χ2v) is 7.17. The number of fused-ring (bicyclic) bond motifs is 1. The molecule has 7 heteroatoms. The van der Waals surface area contributed by atoms with Crippen LogP contribution in [0.5, 0.6) is 0 Å². The van der Waals surface area contributed by atoms with Gasteiger partial charge in [0.25, 0.3) is 11.7 Å². The molecule has 0 radical (unpaired) electrons. The molecule has 0 fully saturated rings. The Morgan fingerprint density at radius 1 is 1.25 bits per heavy atom. The van der Waals surface area contributed by atoms with Crippen LogP contribution in [0.25, 0.3) is 0 Å². The van der Waals surface area contributed by atoms with Crippen molar-refractivity contribution in [1.82, 2.24) is 0 Å². The lowest BCUT2D eigenvalue weighted by molar-refractivity contribution is -0.114. The highest BCUT2D eigenvalue weighted by molar-refractivity contribution is 7.90. The molecule has 108 valence electrons. The van der Waals surface area contributed by atoms with Gasteiger partial charge in [0.15, 0.2) is 0 Å². The first-order valence-corrected chi connectivity index (χ1v) is 8.11. The van der Waals surface area contributed by atoms with Gasteiger partial charge in [-0.1, -0.05) is 0 Å². The number of ketones is 1. The van der Waals surface area contributed by atoms with Crippen molar-refractivity contribution in [3.8, 4) is 0 Å². The predicted molar refractivity (Wildman–Crippen MR) is 72.1 cm³/mol. The Balaban J connectivity index is 2.29. The Kier molecular flexibility index (Phi) is 3.64. The van der Waals surface area contributed by atoms with Crippen LogP contribution in [0.1, 0.15) is 22.3 Å². The molecule has 0 aromatic heterocycles. The van der Waals surface area contributed by atoms with Crippen LogP contribution in [0.4, 0.5) is 10.1 Å². The fraction of sp³-hybridized carbons (Fsp3) is 0.385. The second kappa shape index (κ2) is 4.97. The second-order valence-electron chi connectivity index (χ2n) is 4.91. The van der Waals surface area contributed by atoms with Gasteiger partial charge < -0.3 is 4.90 Å². The van der Waals surface area contributed by atoms with Crippen molar-refractivity contribution < 1.29 is 22.4 Å². The highest BCUT2D eigenvalue weighted by Crippen LogP contribution is 2.32. The van der Waals surface area contributed by atoms with E-state index in [1.165, 1.54) is 12.1 Å². The van der Waals surface area contributed by atoms with Crippen LogP contribution >= 0.6 is 0 Å². The number of benzene rings is 1. The minimum absolute atomic E-state index is 0.00459. The third-order valence-electron chi connectivity index (χ3n) is 3.06. The molecular weight excluding hydrogens is 285 g/mol. The molecule has 1 aromatic rings. The Hall–Kier alpha value is -1.76. The van der Waals surface area contributed by atoms with E-state index < -0.39 is 27.3 Å². The van der Waals surface area contributed by atoms with Gasteiger partial charge in [0.1, 0.15) is 15.7 Å². The standard InChI is InChI=1S/C13H14FNO4S/c1-8-6-9-11(10(14)7-8)15(13(17)12(9)16)4-3-5-20(2,18)19/h6-7H,3-5H2,1-2H3. The predicted octanol–water partition coefficient (Wildman–Crippen LogP) is 1.10. The lowest BCUT2D eigenvalue weighted by Gasteiger charge is -2.16. The van der Waals surface area contributed by atoms with Crippen molar-refractivity contribution in [2.24, 2.45) is 0 Å². The summed E-state index contributed by atoms with van der Waals surface area (Å²) >= 11 is 0. The summed E-state index contributed by atoms with van der Waals surface area (Å²) < 4.78 is 36.1. The minimum atomic E-state index is -3.16. The molecule has 1 amide bonds. The Morgan fingerprint density at radius 3 is 2.50 bits per heavy atom. The van der Waals surface area contributed by atoms with Crippen LogP contribution in [0.3, 0.4) is 0 Å². The molecule has 0 atom stereocenters. The topological polar surface area (TPSA) is 71.5 Å². The average Bonchev–Trinajstić information content (AvgIpc) is 2.53. The summed E-state index contributed by atoms with van der Waals surface area (Å²) in [6.45, 7) is 1.64. The maximum absolute atomic E-state index is 13.9. The van der Waals surface area contributed by atoms with Crippen LogP contribution in [-0.2, 0) is 14.6 Å². The molecule has 0 unspecified atom stereocenters. The van der Waals surface area contributed by atoms with Crippen molar-refractivity contribution in [3.63, 3.8) is 0 Å².